The fraction of sp³-hybridized carbons (Fsp3) is 0.333. The molecule has 0 bridgehead atoms. The number of halogens is 1. The molecule has 0 unspecified atom stereocenters. The van der Waals surface area contributed by atoms with E-state index in [2.05, 4.69) is 9.97 Å². The number of sulfonamides is 1. The number of benzene rings is 1. The summed E-state index contributed by atoms with van der Waals surface area (Å²) in [7, 11) is -1.75. The van der Waals surface area contributed by atoms with Gasteiger partial charge in [-0.2, -0.15) is 4.31 Å². The molecule has 1 aliphatic rings. The molecule has 1 aromatic carbocycles. The largest absolute Gasteiger partial charge is 0.316 e. The smallest absolute Gasteiger partial charge is 0.243 e. The maximum absolute atomic E-state index is 13.5. The first-order valence-corrected chi connectivity index (χ1v) is 9.85. The maximum atomic E-state index is 13.5. The summed E-state index contributed by atoms with van der Waals surface area (Å²) in [5.41, 5.74) is 1.92. The molecule has 0 aliphatic carbocycles. The van der Waals surface area contributed by atoms with E-state index in [4.69, 9.17) is 0 Å². The van der Waals surface area contributed by atoms with E-state index >= 15 is 0 Å². The minimum Gasteiger partial charge on any atom is -0.316 e. The highest BCUT2D eigenvalue weighted by Gasteiger charge is 2.35. The number of aryl methyl sites for hydroxylation is 2. The molecule has 0 amide bonds. The van der Waals surface area contributed by atoms with Gasteiger partial charge in [-0.15, -0.1) is 0 Å². The van der Waals surface area contributed by atoms with Crippen LogP contribution in [0.5, 0.6) is 0 Å². The van der Waals surface area contributed by atoms with E-state index < -0.39 is 15.8 Å². The Bertz CT molecular complexity index is 1090. The summed E-state index contributed by atoms with van der Waals surface area (Å²) >= 11 is 0. The highest BCUT2D eigenvalue weighted by Crippen LogP contribution is 2.32. The van der Waals surface area contributed by atoms with Crippen LogP contribution in [-0.2, 0) is 17.1 Å². The predicted octanol–water partition coefficient (Wildman–Crippen LogP) is 2.59. The van der Waals surface area contributed by atoms with E-state index in [0.29, 0.717) is 25.1 Å². The zero-order chi connectivity index (χ0) is 18.5. The van der Waals surface area contributed by atoms with Crippen molar-refractivity contribution in [3.63, 3.8) is 0 Å². The van der Waals surface area contributed by atoms with Crippen molar-refractivity contribution in [2.75, 3.05) is 13.1 Å². The van der Waals surface area contributed by atoms with Gasteiger partial charge in [0.05, 0.1) is 4.90 Å². The number of hydrogen-bond acceptors (Lipinski definition) is 4. The fourth-order valence-electron chi connectivity index (χ4n) is 3.49. The number of aromatic nitrogens is 3. The molecule has 6 nitrogen and oxygen atoms in total. The molecule has 4 rings (SSSR count). The summed E-state index contributed by atoms with van der Waals surface area (Å²) in [6.45, 7) is 2.34. The first-order chi connectivity index (χ1) is 12.4. The summed E-state index contributed by atoms with van der Waals surface area (Å²) in [6, 6.07) is 7.64. The van der Waals surface area contributed by atoms with Gasteiger partial charge in [0.2, 0.25) is 10.0 Å². The average molecular weight is 374 g/mol. The Morgan fingerprint density at radius 1 is 1.27 bits per heavy atom. The monoisotopic (exact) mass is 374 g/mol. The van der Waals surface area contributed by atoms with Crippen molar-refractivity contribution in [2.24, 2.45) is 7.05 Å². The number of rotatable bonds is 3. The van der Waals surface area contributed by atoms with Gasteiger partial charge in [-0.3, -0.25) is 0 Å². The van der Waals surface area contributed by atoms with Gasteiger partial charge in [-0.05, 0) is 49.2 Å². The molecule has 1 fully saturated rings. The van der Waals surface area contributed by atoms with E-state index in [1.165, 1.54) is 22.5 Å². The number of hydrogen-bond donors (Lipinski definition) is 0. The topological polar surface area (TPSA) is 68.1 Å². The van der Waals surface area contributed by atoms with Crippen LogP contribution in [0.3, 0.4) is 0 Å². The maximum Gasteiger partial charge on any atom is 0.243 e. The third-order valence-corrected chi connectivity index (χ3v) is 6.81. The summed E-state index contributed by atoms with van der Waals surface area (Å²) < 4.78 is 42.6. The minimum absolute atomic E-state index is 0.00511. The number of nitrogens with zero attached hydrogens (tertiary/aromatic N) is 4. The van der Waals surface area contributed by atoms with Crippen LogP contribution in [0.2, 0.25) is 0 Å². The van der Waals surface area contributed by atoms with Crippen molar-refractivity contribution in [1.29, 1.82) is 0 Å². The van der Waals surface area contributed by atoms with Crippen molar-refractivity contribution >= 4 is 21.2 Å². The molecule has 136 valence electrons. The Balaban J connectivity index is 1.63. The van der Waals surface area contributed by atoms with E-state index in [1.54, 1.807) is 13.1 Å². The van der Waals surface area contributed by atoms with Crippen LogP contribution >= 0.6 is 0 Å². The highest BCUT2D eigenvalue weighted by molar-refractivity contribution is 7.89. The van der Waals surface area contributed by atoms with Gasteiger partial charge in [-0.1, -0.05) is 0 Å². The van der Waals surface area contributed by atoms with Crippen LogP contribution in [0.15, 0.2) is 41.4 Å². The quantitative estimate of drug-likeness (QED) is 0.707. The predicted molar refractivity (Wildman–Crippen MR) is 95.8 cm³/mol. The van der Waals surface area contributed by atoms with Crippen LogP contribution in [0.4, 0.5) is 4.39 Å². The summed E-state index contributed by atoms with van der Waals surface area (Å²) in [5, 5.41) is 0. The molecule has 0 radical (unpaired) electrons. The fourth-order valence-corrected chi connectivity index (χ4v) is 5.08. The second-order valence-corrected chi connectivity index (χ2v) is 8.57. The van der Waals surface area contributed by atoms with Crippen molar-refractivity contribution in [1.82, 2.24) is 18.8 Å². The van der Waals surface area contributed by atoms with E-state index in [-0.39, 0.29) is 10.8 Å². The van der Waals surface area contributed by atoms with Crippen LogP contribution in [0, 0.1) is 12.7 Å². The normalized spacial score (nSPS) is 18.7. The second kappa shape index (κ2) is 6.14. The van der Waals surface area contributed by atoms with Gasteiger partial charge in [0.25, 0.3) is 0 Å². The van der Waals surface area contributed by atoms with Crippen molar-refractivity contribution in [2.45, 2.75) is 24.2 Å². The lowest BCUT2D eigenvalue weighted by atomic mass is 10.1. The molecule has 3 heterocycles. The van der Waals surface area contributed by atoms with Gasteiger partial charge in [-0.25, -0.2) is 22.8 Å². The molecule has 8 heteroatoms. The molecule has 1 saturated heterocycles. The SMILES string of the molecule is Cc1cc(S(=O)(=O)N2CC[C@H](c3nc4cccnc4n3C)C2)ccc1F. The van der Waals surface area contributed by atoms with E-state index in [9.17, 15) is 12.8 Å². The molecule has 1 aliphatic heterocycles. The lowest BCUT2D eigenvalue weighted by Crippen LogP contribution is -2.29. The molecule has 26 heavy (non-hydrogen) atoms. The third kappa shape index (κ3) is 2.69. The molecular formula is C18H19FN4O2S. The standard InChI is InChI=1S/C18H19FN4O2S/c1-12-10-14(5-6-15(12)19)26(24,25)23-9-7-13(11-23)17-21-16-4-3-8-20-18(16)22(17)2/h3-6,8,10,13H,7,9,11H2,1-2H3/t13-/m0/s1. The van der Waals surface area contributed by atoms with E-state index in [0.717, 1.165) is 17.0 Å². The zero-order valence-electron chi connectivity index (χ0n) is 14.6. The molecular weight excluding hydrogens is 355 g/mol. The van der Waals surface area contributed by atoms with Gasteiger partial charge < -0.3 is 4.57 Å². The Hall–Kier alpha value is -2.32. The lowest BCUT2D eigenvalue weighted by molar-refractivity contribution is 0.470. The van der Waals surface area contributed by atoms with Crippen LogP contribution in [-0.4, -0.2) is 40.3 Å². The number of fused-ring (bicyclic) bond motifs is 1. The molecule has 0 N–H and O–H groups in total. The van der Waals surface area contributed by atoms with E-state index in [1.807, 2.05) is 23.7 Å². The first-order valence-electron chi connectivity index (χ1n) is 8.41. The van der Waals surface area contributed by atoms with Gasteiger partial charge >= 0.3 is 0 Å². The van der Waals surface area contributed by atoms with Crippen LogP contribution in [0.25, 0.3) is 11.2 Å². The summed E-state index contributed by atoms with van der Waals surface area (Å²) in [4.78, 5) is 9.11. The van der Waals surface area contributed by atoms with Crippen molar-refractivity contribution < 1.29 is 12.8 Å². The van der Waals surface area contributed by atoms with Crippen molar-refractivity contribution in [3.8, 4) is 0 Å². The molecule has 2 aromatic heterocycles. The van der Waals surface area contributed by atoms with Crippen LogP contribution in [0.1, 0.15) is 23.7 Å². The first kappa shape index (κ1) is 17.1. The average Bonchev–Trinajstić information content (AvgIpc) is 3.23. The summed E-state index contributed by atoms with van der Waals surface area (Å²) in [5.74, 6) is 0.438. The highest BCUT2D eigenvalue weighted by atomic mass is 32.2. The molecule has 0 saturated carbocycles. The molecule has 0 spiro atoms. The van der Waals surface area contributed by atoms with Crippen LogP contribution < -0.4 is 0 Å². The molecule has 1 atom stereocenters. The Kier molecular flexibility index (Phi) is 4.04. The zero-order valence-corrected chi connectivity index (χ0v) is 15.4. The van der Waals surface area contributed by atoms with Gasteiger partial charge in [0.1, 0.15) is 17.2 Å². The minimum atomic E-state index is -3.65. The van der Waals surface area contributed by atoms with Gasteiger partial charge in [0, 0.05) is 32.3 Å². The summed E-state index contributed by atoms with van der Waals surface area (Å²) in [6.07, 6.45) is 2.41. The Labute approximate surface area is 151 Å². The molecule has 3 aromatic rings. The second-order valence-electron chi connectivity index (χ2n) is 6.63. The Morgan fingerprint density at radius 2 is 2.08 bits per heavy atom. The van der Waals surface area contributed by atoms with Gasteiger partial charge in [0.15, 0.2) is 5.65 Å². The lowest BCUT2D eigenvalue weighted by Gasteiger charge is -2.17. The Morgan fingerprint density at radius 3 is 2.81 bits per heavy atom. The third-order valence-electron chi connectivity index (χ3n) is 4.95. The van der Waals surface area contributed by atoms with Crippen molar-refractivity contribution in [3.05, 3.63) is 53.7 Å². The number of pyridine rings is 1. The number of imidazole rings is 1.